The van der Waals surface area contributed by atoms with Crippen molar-refractivity contribution >= 4 is 17.9 Å². The summed E-state index contributed by atoms with van der Waals surface area (Å²) in [5, 5.41) is 14.2. The van der Waals surface area contributed by atoms with Crippen LogP contribution in [0.2, 0.25) is 0 Å². The van der Waals surface area contributed by atoms with E-state index in [1.165, 1.54) is 11.8 Å². The molecular formula is C11H19N3O4. The first-order valence-electron chi connectivity index (χ1n) is 5.96. The number of nitrogens with zero attached hydrogens (tertiary/aromatic N) is 1. The maximum Gasteiger partial charge on any atom is 0.329 e. The number of rotatable bonds is 4. The molecule has 0 aromatic heterocycles. The second-order valence-electron chi connectivity index (χ2n) is 4.59. The van der Waals surface area contributed by atoms with Crippen molar-refractivity contribution in [2.75, 3.05) is 19.6 Å². The molecule has 1 aliphatic rings. The zero-order valence-corrected chi connectivity index (χ0v) is 10.7. The van der Waals surface area contributed by atoms with Gasteiger partial charge in [0.2, 0.25) is 5.91 Å². The van der Waals surface area contributed by atoms with E-state index in [4.69, 9.17) is 5.11 Å². The maximum absolute atomic E-state index is 11.9. The minimum absolute atomic E-state index is 0.0341. The lowest BCUT2D eigenvalue weighted by Crippen LogP contribution is -2.59. The lowest BCUT2D eigenvalue weighted by molar-refractivity contribution is -0.144. The highest BCUT2D eigenvalue weighted by Gasteiger charge is 2.35. The van der Waals surface area contributed by atoms with Crippen LogP contribution in [0, 0.1) is 0 Å². The van der Waals surface area contributed by atoms with Crippen LogP contribution in [0.1, 0.15) is 26.7 Å². The third kappa shape index (κ3) is 3.35. The van der Waals surface area contributed by atoms with Gasteiger partial charge < -0.3 is 20.6 Å². The highest BCUT2D eigenvalue weighted by Crippen LogP contribution is 2.13. The van der Waals surface area contributed by atoms with Crippen LogP contribution in [0.4, 0.5) is 4.79 Å². The van der Waals surface area contributed by atoms with Crippen molar-refractivity contribution in [3.05, 3.63) is 0 Å². The van der Waals surface area contributed by atoms with Crippen LogP contribution in [0.15, 0.2) is 0 Å². The Kier molecular flexibility index (Phi) is 4.52. The summed E-state index contributed by atoms with van der Waals surface area (Å²) in [5.41, 5.74) is -1.29. The van der Waals surface area contributed by atoms with E-state index in [1.807, 2.05) is 6.92 Å². The first kappa shape index (κ1) is 14.3. The van der Waals surface area contributed by atoms with Gasteiger partial charge in [0.25, 0.3) is 0 Å². The highest BCUT2D eigenvalue weighted by atomic mass is 16.4. The summed E-state index contributed by atoms with van der Waals surface area (Å²) in [4.78, 5) is 35.6. The van der Waals surface area contributed by atoms with Crippen molar-refractivity contribution in [2.45, 2.75) is 32.2 Å². The fourth-order valence-electron chi connectivity index (χ4n) is 1.85. The van der Waals surface area contributed by atoms with E-state index in [2.05, 4.69) is 10.6 Å². The summed E-state index contributed by atoms with van der Waals surface area (Å²) in [6, 6.07) is -0.511. The van der Waals surface area contributed by atoms with Crippen LogP contribution in [-0.2, 0) is 9.59 Å². The first-order valence-corrected chi connectivity index (χ1v) is 5.96. The second kappa shape index (κ2) is 5.70. The highest BCUT2D eigenvalue weighted by molar-refractivity contribution is 5.89. The number of urea groups is 1. The van der Waals surface area contributed by atoms with E-state index < -0.39 is 17.5 Å². The van der Waals surface area contributed by atoms with E-state index in [0.717, 1.165) is 0 Å². The van der Waals surface area contributed by atoms with Gasteiger partial charge in [0, 0.05) is 13.1 Å². The number of nitrogens with one attached hydrogen (secondary N) is 2. The van der Waals surface area contributed by atoms with Crippen molar-refractivity contribution < 1.29 is 19.5 Å². The molecule has 3 amide bonds. The number of hydrogen-bond acceptors (Lipinski definition) is 3. The summed E-state index contributed by atoms with van der Waals surface area (Å²) >= 11 is 0. The molecule has 1 aliphatic heterocycles. The molecule has 102 valence electrons. The van der Waals surface area contributed by atoms with E-state index in [0.29, 0.717) is 25.9 Å². The van der Waals surface area contributed by atoms with Gasteiger partial charge in [0.1, 0.15) is 12.1 Å². The van der Waals surface area contributed by atoms with E-state index in [1.54, 1.807) is 0 Å². The van der Waals surface area contributed by atoms with Crippen LogP contribution in [-0.4, -0.2) is 53.1 Å². The molecule has 1 rings (SSSR count). The average molecular weight is 257 g/mol. The SMILES string of the molecule is CCCC(C)(NC(=O)N1CCNC(=O)C1)C(=O)O. The summed E-state index contributed by atoms with van der Waals surface area (Å²) in [7, 11) is 0. The zero-order valence-electron chi connectivity index (χ0n) is 10.7. The molecule has 1 unspecified atom stereocenters. The molecule has 0 aliphatic carbocycles. The van der Waals surface area contributed by atoms with Gasteiger partial charge in [-0.3, -0.25) is 4.79 Å². The van der Waals surface area contributed by atoms with E-state index in [-0.39, 0.29) is 12.5 Å². The van der Waals surface area contributed by atoms with Crippen LogP contribution in [0.5, 0.6) is 0 Å². The maximum atomic E-state index is 11.9. The predicted octanol–water partition coefficient (Wildman–Crippen LogP) is -0.229. The third-order valence-electron chi connectivity index (χ3n) is 2.93. The molecule has 0 aromatic rings. The molecule has 1 saturated heterocycles. The fraction of sp³-hybridized carbons (Fsp3) is 0.727. The quantitative estimate of drug-likeness (QED) is 0.648. The van der Waals surface area contributed by atoms with Crippen molar-refractivity contribution in [3.63, 3.8) is 0 Å². The molecule has 1 atom stereocenters. The Morgan fingerprint density at radius 1 is 1.56 bits per heavy atom. The smallest absolute Gasteiger partial charge is 0.329 e. The van der Waals surface area contributed by atoms with Crippen molar-refractivity contribution in [1.82, 2.24) is 15.5 Å². The second-order valence-corrected chi connectivity index (χ2v) is 4.59. The van der Waals surface area contributed by atoms with Gasteiger partial charge >= 0.3 is 12.0 Å². The molecule has 7 nitrogen and oxygen atoms in total. The van der Waals surface area contributed by atoms with Crippen LogP contribution in [0.25, 0.3) is 0 Å². The normalized spacial score (nSPS) is 18.8. The van der Waals surface area contributed by atoms with Crippen LogP contribution in [0.3, 0.4) is 0 Å². The van der Waals surface area contributed by atoms with Gasteiger partial charge in [0.05, 0.1) is 0 Å². The molecule has 0 bridgehead atoms. The lowest BCUT2D eigenvalue weighted by Gasteiger charge is -2.32. The molecule has 0 radical (unpaired) electrons. The van der Waals surface area contributed by atoms with Gasteiger partial charge in [0.15, 0.2) is 0 Å². The van der Waals surface area contributed by atoms with Gasteiger partial charge in [-0.2, -0.15) is 0 Å². The molecule has 0 aromatic carbocycles. The number of carboxylic acids is 1. The first-order chi connectivity index (χ1) is 8.39. The Morgan fingerprint density at radius 2 is 2.22 bits per heavy atom. The third-order valence-corrected chi connectivity index (χ3v) is 2.93. The molecular weight excluding hydrogens is 238 g/mol. The van der Waals surface area contributed by atoms with Crippen LogP contribution >= 0.6 is 0 Å². The number of carbonyl (C=O) groups is 3. The molecule has 3 N–H and O–H groups in total. The van der Waals surface area contributed by atoms with Crippen molar-refractivity contribution in [2.24, 2.45) is 0 Å². The van der Waals surface area contributed by atoms with Crippen molar-refractivity contribution in [1.29, 1.82) is 0 Å². The monoisotopic (exact) mass is 257 g/mol. The number of piperazine rings is 1. The number of aliphatic carboxylic acids is 1. The molecule has 1 fully saturated rings. The Hall–Kier alpha value is -1.79. The summed E-state index contributed by atoms with van der Waals surface area (Å²) in [5.74, 6) is -1.30. The van der Waals surface area contributed by atoms with E-state index in [9.17, 15) is 14.4 Å². The molecule has 18 heavy (non-hydrogen) atoms. The fourth-order valence-corrected chi connectivity index (χ4v) is 1.85. The van der Waals surface area contributed by atoms with Crippen LogP contribution < -0.4 is 10.6 Å². The molecule has 0 saturated carbocycles. The minimum atomic E-state index is -1.29. The number of amides is 3. The Balaban J connectivity index is 2.66. The standard InChI is InChI=1S/C11H19N3O4/c1-3-4-11(2,9(16)17)13-10(18)14-6-5-12-8(15)7-14/h3-7H2,1-2H3,(H,12,15)(H,13,18)(H,16,17). The minimum Gasteiger partial charge on any atom is -0.480 e. The summed E-state index contributed by atoms with van der Waals surface area (Å²) in [6.45, 7) is 4.07. The number of carboxylic acid groups (broad SMARTS) is 1. The number of hydrogen-bond donors (Lipinski definition) is 3. The molecule has 7 heteroatoms. The topological polar surface area (TPSA) is 98.7 Å². The summed E-state index contributed by atoms with van der Waals surface area (Å²) in [6.07, 6.45) is 0.984. The van der Waals surface area contributed by atoms with E-state index >= 15 is 0 Å². The Bertz CT molecular complexity index is 358. The molecule has 0 spiro atoms. The number of carbonyl (C=O) groups excluding carboxylic acids is 2. The van der Waals surface area contributed by atoms with Crippen molar-refractivity contribution in [3.8, 4) is 0 Å². The van der Waals surface area contributed by atoms with Gasteiger partial charge in [-0.1, -0.05) is 13.3 Å². The molecule has 1 heterocycles. The lowest BCUT2D eigenvalue weighted by atomic mass is 9.96. The van der Waals surface area contributed by atoms with Gasteiger partial charge in [-0.15, -0.1) is 0 Å². The predicted molar refractivity (Wildman–Crippen MR) is 64.1 cm³/mol. The average Bonchev–Trinajstić information content (AvgIpc) is 2.29. The largest absolute Gasteiger partial charge is 0.480 e. The van der Waals surface area contributed by atoms with Gasteiger partial charge in [-0.05, 0) is 13.3 Å². The zero-order chi connectivity index (χ0) is 13.8. The van der Waals surface area contributed by atoms with Gasteiger partial charge in [-0.25, -0.2) is 9.59 Å². The Labute approximate surface area is 106 Å². The Morgan fingerprint density at radius 3 is 2.72 bits per heavy atom. The summed E-state index contributed by atoms with van der Waals surface area (Å²) < 4.78 is 0.